The van der Waals surface area contributed by atoms with Crippen LogP contribution in [0.4, 0.5) is 0 Å². The van der Waals surface area contributed by atoms with Gasteiger partial charge in [0.25, 0.3) is 0 Å². The van der Waals surface area contributed by atoms with Gasteiger partial charge in [-0.2, -0.15) is 0 Å². The molecule has 0 aliphatic carbocycles. The van der Waals surface area contributed by atoms with Crippen LogP contribution in [-0.2, 0) is 0 Å². The molecule has 0 aliphatic heterocycles. The third-order valence-corrected chi connectivity index (χ3v) is 3.88. The van der Waals surface area contributed by atoms with Gasteiger partial charge in [0, 0.05) is 0 Å². The molecule has 0 saturated carbocycles. The predicted octanol–water partition coefficient (Wildman–Crippen LogP) is 2.30. The molecule has 1 nitrogen and oxygen atoms in total. The first-order chi connectivity index (χ1) is 5.34. The van der Waals surface area contributed by atoms with Crippen molar-refractivity contribution in [3.8, 4) is 0 Å². The summed E-state index contributed by atoms with van der Waals surface area (Å²) >= 11 is 3.11. The molecule has 3 heteroatoms. The van der Waals surface area contributed by atoms with Crippen molar-refractivity contribution in [2.24, 2.45) is 0 Å². The van der Waals surface area contributed by atoms with Gasteiger partial charge in [0.2, 0.25) is 0 Å². The molecule has 1 aromatic carbocycles. The maximum atomic E-state index is 11.2. The molecule has 0 N–H and O–H groups in total. The molecule has 0 spiro atoms. The molecule has 0 fully saturated rings. The first-order valence-corrected chi connectivity index (χ1v) is 10.0. The normalized spacial score (nSPS) is 9.55. The fourth-order valence-electron chi connectivity index (χ4n) is 0.757. The first kappa shape index (κ1) is 9.25. The number of carbonyl (C=O) groups is 1. The molecule has 0 aromatic heterocycles. The van der Waals surface area contributed by atoms with E-state index in [1.165, 1.54) is 0 Å². The van der Waals surface area contributed by atoms with E-state index in [1.54, 1.807) is 0 Å². The Hall–Kier alpha value is 0.160. The summed E-state index contributed by atoms with van der Waals surface area (Å²) in [5, 5.41) is 0. The SMILES string of the molecule is O=C(C[Te]Br)c1ccccc1. The van der Waals surface area contributed by atoms with Crippen LogP contribution in [0.1, 0.15) is 10.4 Å². The molecule has 0 heterocycles. The van der Waals surface area contributed by atoms with Crippen LogP contribution < -0.4 is 0 Å². The Bertz CT molecular complexity index is 235. The number of ketones is 1. The van der Waals surface area contributed by atoms with Gasteiger partial charge >= 0.3 is 82.4 Å². The number of halogens is 1. The van der Waals surface area contributed by atoms with Gasteiger partial charge in [-0.15, -0.1) is 0 Å². The summed E-state index contributed by atoms with van der Waals surface area (Å²) in [5.41, 5.74) is 0.831. The van der Waals surface area contributed by atoms with E-state index in [0.29, 0.717) is 4.47 Å². The van der Waals surface area contributed by atoms with Gasteiger partial charge in [0.05, 0.1) is 0 Å². The summed E-state index contributed by atoms with van der Waals surface area (Å²) in [6, 6.07) is 9.42. The minimum absolute atomic E-state index is 0.247. The molecule has 1 aromatic rings. The predicted molar refractivity (Wildman–Crippen MR) is 50.3 cm³/mol. The van der Waals surface area contributed by atoms with Crippen molar-refractivity contribution in [3.05, 3.63) is 35.9 Å². The Kier molecular flexibility index (Phi) is 4.14. The van der Waals surface area contributed by atoms with Gasteiger partial charge in [0.1, 0.15) is 0 Å². The van der Waals surface area contributed by atoms with Crippen LogP contribution in [0.3, 0.4) is 0 Å². The van der Waals surface area contributed by atoms with Crippen LogP contribution in [0.5, 0.6) is 0 Å². The van der Waals surface area contributed by atoms with E-state index in [1.807, 2.05) is 30.3 Å². The van der Waals surface area contributed by atoms with Crippen LogP contribution in [0.2, 0.25) is 4.47 Å². The van der Waals surface area contributed by atoms with E-state index in [2.05, 4.69) is 12.8 Å². The van der Waals surface area contributed by atoms with Gasteiger partial charge in [-0.05, 0) is 0 Å². The maximum absolute atomic E-state index is 11.2. The minimum atomic E-state index is -0.247. The molecular weight excluding hydrogens is 320 g/mol. The fourth-order valence-corrected chi connectivity index (χ4v) is 2.91. The number of rotatable bonds is 3. The number of benzene rings is 1. The van der Waals surface area contributed by atoms with Gasteiger partial charge in [-0.1, -0.05) is 0 Å². The molecule has 58 valence electrons. The van der Waals surface area contributed by atoms with Gasteiger partial charge in [0.15, 0.2) is 0 Å². The van der Waals surface area contributed by atoms with Crippen LogP contribution in [-0.4, -0.2) is 24.5 Å². The summed E-state index contributed by atoms with van der Waals surface area (Å²) in [4.78, 5) is 11.2. The van der Waals surface area contributed by atoms with Crippen LogP contribution in [0.25, 0.3) is 0 Å². The van der Waals surface area contributed by atoms with Gasteiger partial charge in [-0.3, -0.25) is 0 Å². The number of hydrogen-bond donors (Lipinski definition) is 0. The second-order valence-corrected chi connectivity index (χ2v) is 6.56. The zero-order chi connectivity index (χ0) is 8.10. The zero-order valence-electron chi connectivity index (χ0n) is 5.79. The van der Waals surface area contributed by atoms with Crippen molar-refractivity contribution in [3.63, 3.8) is 0 Å². The van der Waals surface area contributed by atoms with Crippen molar-refractivity contribution in [2.75, 3.05) is 0 Å². The Morgan fingerprint density at radius 1 is 1.36 bits per heavy atom. The van der Waals surface area contributed by atoms with Crippen LogP contribution in [0, 0.1) is 0 Å². The Morgan fingerprint density at radius 2 is 2.00 bits per heavy atom. The Balaban J connectivity index is 2.69. The Morgan fingerprint density at radius 3 is 2.55 bits per heavy atom. The average molecular weight is 327 g/mol. The molecule has 0 radical (unpaired) electrons. The van der Waals surface area contributed by atoms with Crippen molar-refractivity contribution in [1.29, 1.82) is 0 Å². The van der Waals surface area contributed by atoms with Crippen molar-refractivity contribution >= 4 is 37.3 Å². The standard InChI is InChI=1S/C8H7BrOTe/c9-11-6-8(10)7-4-2-1-3-5-7/h1-5H,6H2. The van der Waals surface area contributed by atoms with E-state index in [9.17, 15) is 4.79 Å². The van der Waals surface area contributed by atoms with Crippen molar-refractivity contribution in [2.45, 2.75) is 4.47 Å². The molecule has 0 atom stereocenters. The molecule has 0 aliphatic rings. The third kappa shape index (κ3) is 2.94. The van der Waals surface area contributed by atoms with E-state index >= 15 is 0 Å². The quantitative estimate of drug-likeness (QED) is 0.615. The molecule has 0 saturated heterocycles. The van der Waals surface area contributed by atoms with Gasteiger partial charge in [-0.25, -0.2) is 0 Å². The molecule has 11 heavy (non-hydrogen) atoms. The number of hydrogen-bond acceptors (Lipinski definition) is 1. The monoisotopic (exact) mass is 328 g/mol. The van der Waals surface area contributed by atoms with Crippen molar-refractivity contribution in [1.82, 2.24) is 0 Å². The average Bonchev–Trinajstić information content (AvgIpc) is 2.07. The van der Waals surface area contributed by atoms with Crippen LogP contribution in [0.15, 0.2) is 30.3 Å². The summed E-state index contributed by atoms with van der Waals surface area (Å²) < 4.78 is 0.703. The number of carbonyl (C=O) groups excluding carboxylic acids is 1. The number of Topliss-reactive ketones (excluding diaryl/α,β-unsaturated/α-hetero) is 1. The summed E-state index contributed by atoms with van der Waals surface area (Å²) in [7, 11) is 0. The van der Waals surface area contributed by atoms with E-state index < -0.39 is 0 Å². The third-order valence-electron chi connectivity index (χ3n) is 1.28. The zero-order valence-corrected chi connectivity index (χ0v) is 9.70. The summed E-state index contributed by atoms with van der Waals surface area (Å²) in [6.45, 7) is 0. The molecular formula is C8H7BrOTe. The van der Waals surface area contributed by atoms with Crippen LogP contribution >= 0.6 is 12.8 Å². The fraction of sp³-hybridized carbons (Fsp3) is 0.125. The summed E-state index contributed by atoms with van der Waals surface area (Å²) in [5.74, 6) is 0.255. The first-order valence-electron chi connectivity index (χ1n) is 3.16. The second kappa shape index (κ2) is 4.92. The van der Waals surface area contributed by atoms with Gasteiger partial charge < -0.3 is 0 Å². The molecule has 1 rings (SSSR count). The van der Waals surface area contributed by atoms with E-state index in [-0.39, 0.29) is 24.5 Å². The van der Waals surface area contributed by atoms with Crippen molar-refractivity contribution < 1.29 is 4.79 Å². The molecule has 0 amide bonds. The molecule has 0 bridgehead atoms. The summed E-state index contributed by atoms with van der Waals surface area (Å²) in [6.07, 6.45) is 0. The van der Waals surface area contributed by atoms with E-state index in [0.717, 1.165) is 5.56 Å². The second-order valence-electron chi connectivity index (χ2n) is 2.04. The molecule has 0 unspecified atom stereocenters. The Labute approximate surface area is 82.1 Å². The topological polar surface area (TPSA) is 17.1 Å². The van der Waals surface area contributed by atoms with E-state index in [4.69, 9.17) is 0 Å².